The van der Waals surface area contributed by atoms with Crippen molar-refractivity contribution in [3.05, 3.63) is 58.6 Å². The molecule has 0 aliphatic carbocycles. The highest BCUT2D eigenvalue weighted by molar-refractivity contribution is 6.30. The van der Waals surface area contributed by atoms with Gasteiger partial charge in [0.25, 0.3) is 5.91 Å². The summed E-state index contributed by atoms with van der Waals surface area (Å²) in [6.45, 7) is 0.224. The molecule has 0 saturated carbocycles. The van der Waals surface area contributed by atoms with Gasteiger partial charge in [0, 0.05) is 10.6 Å². The van der Waals surface area contributed by atoms with Gasteiger partial charge in [-0.15, -0.1) is 0 Å². The number of amides is 1. The molecule has 106 valence electrons. The fourth-order valence-electron chi connectivity index (χ4n) is 1.85. The van der Waals surface area contributed by atoms with Crippen molar-refractivity contribution in [1.29, 1.82) is 0 Å². The van der Waals surface area contributed by atoms with Gasteiger partial charge < -0.3 is 9.47 Å². The molecular weight excluding hydrogens is 292 g/mol. The first-order chi connectivity index (χ1) is 10.2. The van der Waals surface area contributed by atoms with Crippen molar-refractivity contribution in [3.63, 3.8) is 0 Å². The first-order valence-corrected chi connectivity index (χ1v) is 6.59. The van der Waals surface area contributed by atoms with E-state index in [4.69, 9.17) is 21.1 Å². The second kappa shape index (κ2) is 5.85. The minimum absolute atomic E-state index is 0.224. The van der Waals surface area contributed by atoms with E-state index >= 15 is 0 Å². The van der Waals surface area contributed by atoms with E-state index in [-0.39, 0.29) is 12.7 Å². The maximum atomic E-state index is 11.8. The maximum Gasteiger partial charge on any atom is 0.271 e. The Labute approximate surface area is 126 Å². The Morgan fingerprint density at radius 2 is 2.05 bits per heavy atom. The monoisotopic (exact) mass is 302 g/mol. The summed E-state index contributed by atoms with van der Waals surface area (Å²) < 4.78 is 10.5. The van der Waals surface area contributed by atoms with Crippen LogP contribution < -0.4 is 14.9 Å². The van der Waals surface area contributed by atoms with Gasteiger partial charge in [0.05, 0.1) is 6.21 Å². The summed E-state index contributed by atoms with van der Waals surface area (Å²) in [5, 5.41) is 4.41. The number of hydrogen-bond donors (Lipinski definition) is 1. The quantitative estimate of drug-likeness (QED) is 0.700. The second-order valence-electron chi connectivity index (χ2n) is 4.32. The van der Waals surface area contributed by atoms with Crippen LogP contribution in [0.2, 0.25) is 5.02 Å². The molecule has 0 fully saturated rings. The van der Waals surface area contributed by atoms with Crippen molar-refractivity contribution >= 4 is 23.7 Å². The summed E-state index contributed by atoms with van der Waals surface area (Å²) >= 11 is 5.83. The zero-order valence-corrected chi connectivity index (χ0v) is 11.6. The number of carbonyl (C=O) groups is 1. The smallest absolute Gasteiger partial charge is 0.271 e. The minimum Gasteiger partial charge on any atom is -0.454 e. The number of rotatable bonds is 3. The normalized spacial score (nSPS) is 12.6. The Balaban J connectivity index is 1.65. The largest absolute Gasteiger partial charge is 0.454 e. The molecular formula is C15H11ClN2O3. The van der Waals surface area contributed by atoms with Crippen molar-refractivity contribution in [2.45, 2.75) is 0 Å². The molecule has 0 bridgehead atoms. The summed E-state index contributed by atoms with van der Waals surface area (Å²) in [6, 6.07) is 12.1. The molecule has 0 saturated heterocycles. The van der Waals surface area contributed by atoms with Crippen molar-refractivity contribution < 1.29 is 14.3 Å². The summed E-state index contributed by atoms with van der Waals surface area (Å²) in [5.41, 5.74) is 3.69. The molecule has 1 N–H and O–H groups in total. The predicted octanol–water partition coefficient (Wildman–Crippen LogP) is 2.83. The van der Waals surface area contributed by atoms with Crippen LogP contribution in [0, 0.1) is 0 Å². The van der Waals surface area contributed by atoms with Crippen LogP contribution in [0.15, 0.2) is 47.6 Å². The molecule has 1 aliphatic heterocycles. The van der Waals surface area contributed by atoms with Gasteiger partial charge in [0.1, 0.15) is 0 Å². The summed E-state index contributed by atoms with van der Waals surface area (Å²) in [4.78, 5) is 11.8. The molecule has 0 atom stereocenters. The van der Waals surface area contributed by atoms with Crippen LogP contribution in [0.25, 0.3) is 0 Å². The SMILES string of the molecule is O=C(N/N=C\c1ccc2c(c1)OCO2)c1cccc(Cl)c1. The van der Waals surface area contributed by atoms with E-state index in [2.05, 4.69) is 10.5 Å². The summed E-state index contributed by atoms with van der Waals surface area (Å²) in [6.07, 6.45) is 1.53. The predicted molar refractivity (Wildman–Crippen MR) is 79.1 cm³/mol. The van der Waals surface area contributed by atoms with E-state index in [0.717, 1.165) is 5.56 Å². The van der Waals surface area contributed by atoms with Gasteiger partial charge in [-0.2, -0.15) is 5.10 Å². The summed E-state index contributed by atoms with van der Waals surface area (Å²) in [5.74, 6) is 1.05. The van der Waals surface area contributed by atoms with Gasteiger partial charge in [-0.1, -0.05) is 17.7 Å². The lowest BCUT2D eigenvalue weighted by molar-refractivity contribution is 0.0955. The first kappa shape index (κ1) is 13.5. The van der Waals surface area contributed by atoms with E-state index in [9.17, 15) is 4.79 Å². The van der Waals surface area contributed by atoms with Crippen LogP contribution in [0.4, 0.5) is 0 Å². The van der Waals surface area contributed by atoms with E-state index in [1.54, 1.807) is 36.4 Å². The lowest BCUT2D eigenvalue weighted by Crippen LogP contribution is -2.17. The number of fused-ring (bicyclic) bond motifs is 1. The van der Waals surface area contributed by atoms with E-state index in [1.165, 1.54) is 6.21 Å². The Hall–Kier alpha value is -2.53. The molecule has 2 aromatic rings. The average molecular weight is 303 g/mol. The van der Waals surface area contributed by atoms with Gasteiger partial charge in [-0.3, -0.25) is 4.79 Å². The molecule has 3 rings (SSSR count). The Morgan fingerprint density at radius 1 is 1.19 bits per heavy atom. The van der Waals surface area contributed by atoms with Crippen LogP contribution in [-0.2, 0) is 0 Å². The number of ether oxygens (including phenoxy) is 2. The van der Waals surface area contributed by atoms with Gasteiger partial charge >= 0.3 is 0 Å². The maximum absolute atomic E-state index is 11.8. The molecule has 6 heteroatoms. The molecule has 0 unspecified atom stereocenters. The summed E-state index contributed by atoms with van der Waals surface area (Å²) in [7, 11) is 0. The molecule has 0 radical (unpaired) electrons. The molecule has 1 heterocycles. The third-order valence-electron chi connectivity index (χ3n) is 2.86. The van der Waals surface area contributed by atoms with Crippen LogP contribution in [0.1, 0.15) is 15.9 Å². The van der Waals surface area contributed by atoms with Crippen LogP contribution >= 0.6 is 11.6 Å². The third-order valence-corrected chi connectivity index (χ3v) is 3.10. The number of nitrogens with one attached hydrogen (secondary N) is 1. The number of carbonyl (C=O) groups excluding carboxylic acids is 1. The molecule has 0 spiro atoms. The van der Waals surface area contributed by atoms with E-state index < -0.39 is 0 Å². The second-order valence-corrected chi connectivity index (χ2v) is 4.76. The van der Waals surface area contributed by atoms with Crippen molar-refractivity contribution in [3.8, 4) is 11.5 Å². The van der Waals surface area contributed by atoms with Crippen LogP contribution in [-0.4, -0.2) is 18.9 Å². The van der Waals surface area contributed by atoms with Crippen LogP contribution in [0.5, 0.6) is 11.5 Å². The van der Waals surface area contributed by atoms with Crippen molar-refractivity contribution in [1.82, 2.24) is 5.43 Å². The number of halogens is 1. The van der Waals surface area contributed by atoms with Gasteiger partial charge in [-0.05, 0) is 42.0 Å². The average Bonchev–Trinajstić information content (AvgIpc) is 2.94. The Bertz CT molecular complexity index is 716. The molecule has 1 aliphatic rings. The fraction of sp³-hybridized carbons (Fsp3) is 0.0667. The molecule has 21 heavy (non-hydrogen) atoms. The number of hydrogen-bond acceptors (Lipinski definition) is 4. The number of hydrazone groups is 1. The zero-order valence-electron chi connectivity index (χ0n) is 10.9. The topological polar surface area (TPSA) is 59.9 Å². The van der Waals surface area contributed by atoms with E-state index in [0.29, 0.717) is 22.1 Å². The van der Waals surface area contributed by atoms with Gasteiger partial charge in [-0.25, -0.2) is 5.43 Å². The molecule has 2 aromatic carbocycles. The van der Waals surface area contributed by atoms with Crippen LogP contribution in [0.3, 0.4) is 0 Å². The third kappa shape index (κ3) is 3.14. The van der Waals surface area contributed by atoms with E-state index in [1.807, 2.05) is 6.07 Å². The van der Waals surface area contributed by atoms with Gasteiger partial charge in [0.2, 0.25) is 6.79 Å². The highest BCUT2D eigenvalue weighted by Crippen LogP contribution is 2.31. The standard InChI is InChI=1S/C15H11ClN2O3/c16-12-3-1-2-11(7-12)15(19)18-17-8-10-4-5-13-14(6-10)21-9-20-13/h1-8H,9H2,(H,18,19)/b17-8-. The fourth-order valence-corrected chi connectivity index (χ4v) is 2.04. The number of benzene rings is 2. The lowest BCUT2D eigenvalue weighted by Gasteiger charge is -2.00. The highest BCUT2D eigenvalue weighted by atomic mass is 35.5. The molecule has 1 amide bonds. The lowest BCUT2D eigenvalue weighted by atomic mass is 10.2. The Kier molecular flexibility index (Phi) is 3.75. The van der Waals surface area contributed by atoms with Gasteiger partial charge in [0.15, 0.2) is 11.5 Å². The first-order valence-electron chi connectivity index (χ1n) is 6.21. The van der Waals surface area contributed by atoms with Crippen molar-refractivity contribution in [2.75, 3.05) is 6.79 Å². The number of nitrogens with zero attached hydrogens (tertiary/aromatic N) is 1. The zero-order chi connectivity index (χ0) is 14.7. The minimum atomic E-state index is -0.325. The molecule has 5 nitrogen and oxygen atoms in total. The molecule has 0 aromatic heterocycles. The highest BCUT2D eigenvalue weighted by Gasteiger charge is 2.12. The van der Waals surface area contributed by atoms with Crippen molar-refractivity contribution in [2.24, 2.45) is 5.10 Å². The Morgan fingerprint density at radius 3 is 2.90 bits per heavy atom.